The predicted molar refractivity (Wildman–Crippen MR) is 75.7 cm³/mol. The highest BCUT2D eigenvalue weighted by atomic mass is 16.5. The van der Waals surface area contributed by atoms with Gasteiger partial charge in [-0.2, -0.15) is 0 Å². The summed E-state index contributed by atoms with van der Waals surface area (Å²) in [6.45, 7) is 0. The van der Waals surface area contributed by atoms with Crippen molar-refractivity contribution in [1.29, 1.82) is 0 Å². The third-order valence-electron chi connectivity index (χ3n) is 3.22. The van der Waals surface area contributed by atoms with Gasteiger partial charge in [-0.25, -0.2) is 0 Å². The Morgan fingerprint density at radius 1 is 1.11 bits per heavy atom. The lowest BCUT2D eigenvalue weighted by molar-refractivity contribution is -0.137. The normalized spacial score (nSPS) is 10.6. The summed E-state index contributed by atoms with van der Waals surface area (Å²) in [6.07, 6.45) is 2.82. The van der Waals surface area contributed by atoms with Crippen LogP contribution in [0, 0.1) is 0 Å². The van der Waals surface area contributed by atoms with E-state index in [2.05, 4.69) is 24.3 Å². The number of carbonyl (C=O) groups is 1. The highest BCUT2D eigenvalue weighted by Gasteiger charge is 2.00. The maximum atomic E-state index is 10.4. The van der Waals surface area contributed by atoms with Gasteiger partial charge in [-0.3, -0.25) is 4.79 Å². The van der Waals surface area contributed by atoms with E-state index in [1.54, 1.807) is 7.11 Å². The first kappa shape index (κ1) is 13.4. The van der Waals surface area contributed by atoms with E-state index in [1.807, 2.05) is 12.1 Å². The van der Waals surface area contributed by atoms with E-state index < -0.39 is 5.97 Å². The predicted octanol–water partition coefficient (Wildman–Crippen LogP) is 3.65. The van der Waals surface area contributed by atoms with Crippen molar-refractivity contribution in [2.45, 2.75) is 25.7 Å². The van der Waals surface area contributed by atoms with Gasteiger partial charge in [-0.15, -0.1) is 0 Å². The fourth-order valence-electron chi connectivity index (χ4n) is 2.16. The van der Waals surface area contributed by atoms with Crippen LogP contribution in [0.5, 0.6) is 5.75 Å². The summed E-state index contributed by atoms with van der Waals surface area (Å²) in [5.41, 5.74) is 1.25. The number of fused-ring (bicyclic) bond motifs is 1. The van der Waals surface area contributed by atoms with Gasteiger partial charge >= 0.3 is 5.97 Å². The number of carboxylic acids is 1. The molecular formula is C16H18O3. The molecule has 0 atom stereocenters. The molecule has 0 saturated carbocycles. The minimum absolute atomic E-state index is 0.255. The zero-order valence-corrected chi connectivity index (χ0v) is 11.1. The van der Waals surface area contributed by atoms with Crippen molar-refractivity contribution in [3.8, 4) is 5.75 Å². The molecule has 0 unspecified atom stereocenters. The first-order valence-corrected chi connectivity index (χ1v) is 6.47. The highest BCUT2D eigenvalue weighted by molar-refractivity contribution is 5.84. The van der Waals surface area contributed by atoms with Gasteiger partial charge in [0.2, 0.25) is 0 Å². The van der Waals surface area contributed by atoms with Gasteiger partial charge in [0, 0.05) is 6.42 Å². The van der Waals surface area contributed by atoms with Crippen LogP contribution in [0.4, 0.5) is 0 Å². The van der Waals surface area contributed by atoms with Gasteiger partial charge in [0.15, 0.2) is 0 Å². The summed E-state index contributed by atoms with van der Waals surface area (Å²) in [5, 5.41) is 10.9. The van der Waals surface area contributed by atoms with Crippen molar-refractivity contribution in [3.63, 3.8) is 0 Å². The van der Waals surface area contributed by atoms with Crippen LogP contribution in [0.15, 0.2) is 36.4 Å². The Morgan fingerprint density at radius 2 is 1.84 bits per heavy atom. The van der Waals surface area contributed by atoms with Crippen LogP contribution >= 0.6 is 0 Å². The zero-order chi connectivity index (χ0) is 13.7. The molecule has 3 nitrogen and oxygen atoms in total. The molecule has 0 radical (unpaired) electrons. The molecule has 0 spiro atoms. The first-order valence-electron chi connectivity index (χ1n) is 6.47. The molecule has 0 aliphatic carbocycles. The van der Waals surface area contributed by atoms with Gasteiger partial charge in [0.05, 0.1) is 7.11 Å². The molecule has 2 aromatic rings. The third-order valence-corrected chi connectivity index (χ3v) is 3.22. The molecular weight excluding hydrogens is 240 g/mol. The van der Waals surface area contributed by atoms with E-state index in [4.69, 9.17) is 9.84 Å². The molecule has 0 saturated heterocycles. The number of unbranched alkanes of at least 4 members (excludes halogenated alkanes) is 1. The lowest BCUT2D eigenvalue weighted by Crippen LogP contribution is -1.95. The molecule has 0 bridgehead atoms. The second-order valence-corrected chi connectivity index (χ2v) is 4.65. The summed E-state index contributed by atoms with van der Waals surface area (Å²) < 4.78 is 5.20. The number of carboxylic acid groups (broad SMARTS) is 1. The van der Waals surface area contributed by atoms with Gasteiger partial charge in [-0.05, 0) is 47.7 Å². The minimum Gasteiger partial charge on any atom is -0.497 e. The van der Waals surface area contributed by atoms with E-state index in [0.29, 0.717) is 0 Å². The molecule has 0 aliphatic rings. The summed E-state index contributed by atoms with van der Waals surface area (Å²) in [5.74, 6) is 0.146. The quantitative estimate of drug-likeness (QED) is 0.804. The van der Waals surface area contributed by atoms with Gasteiger partial charge < -0.3 is 9.84 Å². The SMILES string of the molecule is COc1ccc2cc(CCCCC(=O)O)ccc2c1. The number of benzene rings is 2. The molecule has 0 aliphatic heterocycles. The Bertz CT molecular complexity index is 575. The van der Waals surface area contributed by atoms with E-state index in [1.165, 1.54) is 10.9 Å². The first-order chi connectivity index (χ1) is 9.19. The number of hydrogen-bond acceptors (Lipinski definition) is 2. The van der Waals surface area contributed by atoms with Crippen LogP contribution in [-0.4, -0.2) is 18.2 Å². The van der Waals surface area contributed by atoms with E-state index in [-0.39, 0.29) is 6.42 Å². The molecule has 1 N–H and O–H groups in total. The standard InChI is InChI=1S/C16H18O3/c1-19-15-9-8-13-10-12(6-7-14(13)11-15)4-2-3-5-16(17)18/h6-11H,2-5H2,1H3,(H,17,18). The number of methoxy groups -OCH3 is 1. The fourth-order valence-corrected chi connectivity index (χ4v) is 2.16. The second kappa shape index (κ2) is 6.23. The Balaban J connectivity index is 2.03. The lowest BCUT2D eigenvalue weighted by atomic mass is 10.0. The number of hydrogen-bond donors (Lipinski definition) is 1. The van der Waals surface area contributed by atoms with Gasteiger partial charge in [0.1, 0.15) is 5.75 Å². The fraction of sp³-hybridized carbons (Fsp3) is 0.312. The van der Waals surface area contributed by atoms with Crippen LogP contribution in [-0.2, 0) is 11.2 Å². The number of rotatable bonds is 6. The summed E-state index contributed by atoms with van der Waals surface area (Å²) in [7, 11) is 1.66. The highest BCUT2D eigenvalue weighted by Crippen LogP contribution is 2.22. The number of aliphatic carboxylic acids is 1. The van der Waals surface area contributed by atoms with Crippen molar-refractivity contribution < 1.29 is 14.6 Å². The summed E-state index contributed by atoms with van der Waals surface area (Å²) >= 11 is 0. The van der Waals surface area contributed by atoms with E-state index in [9.17, 15) is 4.79 Å². The van der Waals surface area contributed by atoms with E-state index >= 15 is 0 Å². The third kappa shape index (κ3) is 3.71. The molecule has 0 fully saturated rings. The van der Waals surface area contributed by atoms with Crippen molar-refractivity contribution in [1.82, 2.24) is 0 Å². The van der Waals surface area contributed by atoms with Crippen LogP contribution in [0.1, 0.15) is 24.8 Å². The molecule has 0 aromatic heterocycles. The molecule has 2 rings (SSSR count). The Hall–Kier alpha value is -2.03. The van der Waals surface area contributed by atoms with Gasteiger partial charge in [-0.1, -0.05) is 24.3 Å². The average molecular weight is 258 g/mol. The lowest BCUT2D eigenvalue weighted by Gasteiger charge is -2.05. The number of aryl methyl sites for hydroxylation is 1. The van der Waals surface area contributed by atoms with E-state index in [0.717, 1.165) is 30.4 Å². The minimum atomic E-state index is -0.717. The van der Waals surface area contributed by atoms with Crippen molar-refractivity contribution >= 4 is 16.7 Å². The second-order valence-electron chi connectivity index (χ2n) is 4.65. The maximum absolute atomic E-state index is 10.4. The van der Waals surface area contributed by atoms with Crippen molar-refractivity contribution in [2.75, 3.05) is 7.11 Å². The van der Waals surface area contributed by atoms with Crippen LogP contribution < -0.4 is 4.74 Å². The van der Waals surface area contributed by atoms with Crippen molar-refractivity contribution in [2.24, 2.45) is 0 Å². The smallest absolute Gasteiger partial charge is 0.303 e. The summed E-state index contributed by atoms with van der Waals surface area (Å²) in [4.78, 5) is 10.4. The number of ether oxygens (including phenoxy) is 1. The Morgan fingerprint density at radius 3 is 2.58 bits per heavy atom. The molecule has 0 amide bonds. The molecule has 3 heteroatoms. The molecule has 2 aromatic carbocycles. The topological polar surface area (TPSA) is 46.5 Å². The molecule has 19 heavy (non-hydrogen) atoms. The average Bonchev–Trinajstić information content (AvgIpc) is 2.42. The Kier molecular flexibility index (Phi) is 4.39. The molecule has 100 valence electrons. The zero-order valence-electron chi connectivity index (χ0n) is 11.1. The van der Waals surface area contributed by atoms with Crippen LogP contribution in [0.25, 0.3) is 10.8 Å². The van der Waals surface area contributed by atoms with Crippen LogP contribution in [0.2, 0.25) is 0 Å². The van der Waals surface area contributed by atoms with Crippen LogP contribution in [0.3, 0.4) is 0 Å². The summed E-state index contributed by atoms with van der Waals surface area (Å²) in [6, 6.07) is 12.4. The van der Waals surface area contributed by atoms with Gasteiger partial charge in [0.25, 0.3) is 0 Å². The van der Waals surface area contributed by atoms with Crippen molar-refractivity contribution in [3.05, 3.63) is 42.0 Å². The maximum Gasteiger partial charge on any atom is 0.303 e. The monoisotopic (exact) mass is 258 g/mol. The Labute approximate surface area is 112 Å². The molecule has 0 heterocycles. The largest absolute Gasteiger partial charge is 0.497 e.